The molecule has 0 saturated carbocycles. The lowest BCUT2D eigenvalue weighted by atomic mass is 9.95. The Balaban J connectivity index is 2.65. The molecule has 0 spiro atoms. The molecule has 2 aromatic rings. The van der Waals surface area contributed by atoms with E-state index in [4.69, 9.17) is 22.3 Å². The fourth-order valence-corrected chi connectivity index (χ4v) is 2.66. The standard InChI is InChI=1S/C17H24ClN3/c1-11(2)10-21-15(19)14(20-16(21)17(3,4)5)12-8-6-7-9-13(12)18/h6-9,11H,10,19H2,1-5H3. The quantitative estimate of drug-likeness (QED) is 0.890. The van der Waals surface area contributed by atoms with Crippen LogP contribution in [0, 0.1) is 5.92 Å². The van der Waals surface area contributed by atoms with Crippen LogP contribution in [0.15, 0.2) is 24.3 Å². The van der Waals surface area contributed by atoms with Gasteiger partial charge < -0.3 is 10.3 Å². The number of rotatable bonds is 3. The lowest BCUT2D eigenvalue weighted by molar-refractivity contribution is 0.455. The van der Waals surface area contributed by atoms with Gasteiger partial charge in [0, 0.05) is 17.5 Å². The molecule has 0 aliphatic carbocycles. The zero-order chi connectivity index (χ0) is 15.8. The van der Waals surface area contributed by atoms with Gasteiger partial charge >= 0.3 is 0 Å². The molecule has 0 atom stereocenters. The first-order chi connectivity index (χ1) is 9.71. The Kier molecular flexibility index (Phi) is 4.33. The van der Waals surface area contributed by atoms with E-state index in [-0.39, 0.29) is 5.41 Å². The minimum atomic E-state index is -0.0669. The molecule has 0 saturated heterocycles. The highest BCUT2D eigenvalue weighted by atomic mass is 35.5. The number of anilines is 1. The van der Waals surface area contributed by atoms with Gasteiger partial charge in [0.15, 0.2) is 0 Å². The second-order valence-corrected chi connectivity index (χ2v) is 7.31. The molecule has 0 aliphatic heterocycles. The number of imidazole rings is 1. The average Bonchev–Trinajstić information content (AvgIpc) is 2.67. The molecule has 0 unspecified atom stereocenters. The van der Waals surface area contributed by atoms with E-state index in [0.29, 0.717) is 16.8 Å². The van der Waals surface area contributed by atoms with E-state index in [1.807, 2.05) is 24.3 Å². The molecule has 2 rings (SSSR count). The van der Waals surface area contributed by atoms with Gasteiger partial charge in [-0.25, -0.2) is 4.98 Å². The van der Waals surface area contributed by atoms with Crippen LogP contribution in [0.25, 0.3) is 11.3 Å². The normalized spacial score (nSPS) is 12.1. The van der Waals surface area contributed by atoms with E-state index in [0.717, 1.165) is 23.6 Å². The van der Waals surface area contributed by atoms with Gasteiger partial charge in [-0.15, -0.1) is 0 Å². The molecule has 3 nitrogen and oxygen atoms in total. The van der Waals surface area contributed by atoms with Gasteiger partial charge in [0.05, 0.1) is 5.02 Å². The number of nitrogen functional groups attached to an aromatic ring is 1. The molecule has 1 heterocycles. The molecule has 1 aromatic carbocycles. The van der Waals surface area contributed by atoms with Crippen molar-refractivity contribution < 1.29 is 0 Å². The van der Waals surface area contributed by atoms with E-state index in [2.05, 4.69) is 39.2 Å². The maximum atomic E-state index is 6.39. The second-order valence-electron chi connectivity index (χ2n) is 6.90. The summed E-state index contributed by atoms with van der Waals surface area (Å²) in [5.74, 6) is 2.20. The van der Waals surface area contributed by atoms with E-state index >= 15 is 0 Å². The second kappa shape index (κ2) is 5.72. The molecule has 0 bridgehead atoms. The first kappa shape index (κ1) is 15.9. The molecule has 21 heavy (non-hydrogen) atoms. The summed E-state index contributed by atoms with van der Waals surface area (Å²) in [5, 5.41) is 0.679. The Morgan fingerprint density at radius 2 is 1.86 bits per heavy atom. The van der Waals surface area contributed by atoms with Gasteiger partial charge in [0.2, 0.25) is 0 Å². The van der Waals surface area contributed by atoms with Crippen molar-refractivity contribution in [3.63, 3.8) is 0 Å². The third kappa shape index (κ3) is 3.24. The van der Waals surface area contributed by atoms with Crippen molar-refractivity contribution in [2.45, 2.75) is 46.6 Å². The van der Waals surface area contributed by atoms with Crippen molar-refractivity contribution in [3.8, 4) is 11.3 Å². The summed E-state index contributed by atoms with van der Waals surface area (Å²) in [7, 11) is 0. The number of halogens is 1. The number of benzene rings is 1. The maximum absolute atomic E-state index is 6.39. The summed E-state index contributed by atoms with van der Waals surface area (Å²) in [6.45, 7) is 11.7. The summed E-state index contributed by atoms with van der Waals surface area (Å²) in [5.41, 5.74) is 8.00. The SMILES string of the molecule is CC(C)Cn1c(C(C)(C)C)nc(-c2ccccc2Cl)c1N. The zero-order valence-corrected chi connectivity index (χ0v) is 14.2. The van der Waals surface area contributed by atoms with Crippen molar-refractivity contribution in [2.75, 3.05) is 5.73 Å². The highest BCUT2D eigenvalue weighted by Gasteiger charge is 2.26. The van der Waals surface area contributed by atoms with E-state index < -0.39 is 0 Å². The Labute approximate surface area is 132 Å². The molecule has 0 aliphatic rings. The molecule has 0 radical (unpaired) electrons. The Morgan fingerprint density at radius 1 is 1.24 bits per heavy atom. The lowest BCUT2D eigenvalue weighted by Crippen LogP contribution is -2.21. The highest BCUT2D eigenvalue weighted by molar-refractivity contribution is 6.33. The van der Waals surface area contributed by atoms with Crippen LogP contribution < -0.4 is 5.73 Å². The predicted octanol–water partition coefficient (Wildman–Crippen LogP) is 4.74. The first-order valence-electron chi connectivity index (χ1n) is 7.33. The summed E-state index contributed by atoms with van der Waals surface area (Å²) < 4.78 is 2.13. The molecule has 4 heteroatoms. The van der Waals surface area contributed by atoms with Gasteiger partial charge in [-0.2, -0.15) is 0 Å². The molecule has 1 aromatic heterocycles. The van der Waals surface area contributed by atoms with Crippen LogP contribution in [-0.2, 0) is 12.0 Å². The fourth-order valence-electron chi connectivity index (χ4n) is 2.44. The number of nitrogens with two attached hydrogens (primary N) is 1. The van der Waals surface area contributed by atoms with Crippen LogP contribution in [-0.4, -0.2) is 9.55 Å². The van der Waals surface area contributed by atoms with Crippen molar-refractivity contribution in [1.82, 2.24) is 9.55 Å². The van der Waals surface area contributed by atoms with Crippen LogP contribution in [0.2, 0.25) is 5.02 Å². The van der Waals surface area contributed by atoms with Crippen LogP contribution in [0.4, 0.5) is 5.82 Å². The lowest BCUT2D eigenvalue weighted by Gasteiger charge is -2.21. The monoisotopic (exact) mass is 305 g/mol. The van der Waals surface area contributed by atoms with E-state index in [1.54, 1.807) is 0 Å². The fraction of sp³-hybridized carbons (Fsp3) is 0.471. The van der Waals surface area contributed by atoms with Crippen molar-refractivity contribution in [2.24, 2.45) is 5.92 Å². The number of nitrogens with zero attached hydrogens (tertiary/aromatic N) is 2. The highest BCUT2D eigenvalue weighted by Crippen LogP contribution is 2.35. The Hall–Kier alpha value is -1.48. The van der Waals surface area contributed by atoms with Crippen molar-refractivity contribution in [1.29, 1.82) is 0 Å². The molecular weight excluding hydrogens is 282 g/mol. The summed E-state index contributed by atoms with van der Waals surface area (Å²) in [4.78, 5) is 4.82. The summed E-state index contributed by atoms with van der Waals surface area (Å²) in [6.07, 6.45) is 0. The van der Waals surface area contributed by atoms with Gasteiger partial charge in [-0.05, 0) is 12.0 Å². The largest absolute Gasteiger partial charge is 0.383 e. The zero-order valence-electron chi connectivity index (χ0n) is 13.4. The minimum absolute atomic E-state index is 0.0669. The van der Waals surface area contributed by atoms with E-state index in [1.165, 1.54) is 0 Å². The maximum Gasteiger partial charge on any atom is 0.131 e. The Morgan fingerprint density at radius 3 is 2.38 bits per heavy atom. The van der Waals surface area contributed by atoms with Crippen LogP contribution in [0.1, 0.15) is 40.4 Å². The summed E-state index contributed by atoms with van der Waals surface area (Å²) >= 11 is 6.31. The molecular formula is C17H24ClN3. The average molecular weight is 306 g/mol. The van der Waals surface area contributed by atoms with Crippen molar-refractivity contribution >= 4 is 17.4 Å². The summed E-state index contributed by atoms with van der Waals surface area (Å²) in [6, 6.07) is 7.71. The predicted molar refractivity (Wildman–Crippen MR) is 90.6 cm³/mol. The smallest absolute Gasteiger partial charge is 0.131 e. The molecule has 0 amide bonds. The number of hydrogen-bond donors (Lipinski definition) is 1. The Bertz CT molecular complexity index is 636. The van der Waals surface area contributed by atoms with Crippen LogP contribution >= 0.6 is 11.6 Å². The van der Waals surface area contributed by atoms with Gasteiger partial charge in [0.25, 0.3) is 0 Å². The molecule has 0 fully saturated rings. The van der Waals surface area contributed by atoms with Crippen molar-refractivity contribution in [3.05, 3.63) is 35.1 Å². The minimum Gasteiger partial charge on any atom is -0.383 e. The van der Waals surface area contributed by atoms with Crippen LogP contribution in [0.3, 0.4) is 0 Å². The molecule has 114 valence electrons. The number of hydrogen-bond acceptors (Lipinski definition) is 2. The van der Waals surface area contributed by atoms with Gasteiger partial charge in [-0.3, -0.25) is 0 Å². The van der Waals surface area contributed by atoms with E-state index in [9.17, 15) is 0 Å². The number of aromatic nitrogens is 2. The van der Waals surface area contributed by atoms with Crippen LogP contribution in [0.5, 0.6) is 0 Å². The third-order valence-electron chi connectivity index (χ3n) is 3.35. The first-order valence-corrected chi connectivity index (χ1v) is 7.71. The molecule has 2 N–H and O–H groups in total. The topological polar surface area (TPSA) is 43.8 Å². The van der Waals surface area contributed by atoms with Gasteiger partial charge in [0.1, 0.15) is 17.3 Å². The third-order valence-corrected chi connectivity index (χ3v) is 3.68. The van der Waals surface area contributed by atoms with Gasteiger partial charge in [-0.1, -0.05) is 64.4 Å².